The fourth-order valence-electron chi connectivity index (χ4n) is 1.56. The molecule has 0 heterocycles. The lowest BCUT2D eigenvalue weighted by Gasteiger charge is -2.01. The molecule has 0 saturated carbocycles. The van der Waals surface area contributed by atoms with Gasteiger partial charge >= 0.3 is 0 Å². The van der Waals surface area contributed by atoms with Gasteiger partial charge < -0.3 is 10.8 Å². The Labute approximate surface area is 142 Å². The molecule has 22 heavy (non-hydrogen) atoms. The van der Waals surface area contributed by atoms with Crippen LogP contribution in [0.25, 0.3) is 0 Å². The predicted octanol–water partition coefficient (Wildman–Crippen LogP) is 4.28. The van der Waals surface area contributed by atoms with Crippen molar-refractivity contribution in [3.63, 3.8) is 0 Å². The van der Waals surface area contributed by atoms with E-state index in [1.807, 2.05) is 30.3 Å². The molecule has 2 rings (SSSR count). The van der Waals surface area contributed by atoms with Gasteiger partial charge in [-0.25, -0.2) is 0 Å². The van der Waals surface area contributed by atoms with Crippen LogP contribution in [0.2, 0.25) is 10.0 Å². The van der Waals surface area contributed by atoms with Gasteiger partial charge in [-0.1, -0.05) is 65.3 Å². The first-order chi connectivity index (χ1) is 10.6. The first-order valence-corrected chi connectivity index (χ1v) is 8.01. The largest absolute Gasteiger partial charge is 0.506 e. The second-order valence-electron chi connectivity index (χ2n) is 4.28. The number of halogens is 2. The molecule has 4 nitrogen and oxygen atoms in total. The van der Waals surface area contributed by atoms with Crippen LogP contribution >= 0.6 is 35.0 Å². The Balaban J connectivity index is 1.97. The van der Waals surface area contributed by atoms with Gasteiger partial charge in [0.25, 0.3) is 0 Å². The molecule has 2 aromatic rings. The summed E-state index contributed by atoms with van der Waals surface area (Å²) in [7, 11) is 0. The number of thioether (sulfide) groups is 1. The minimum atomic E-state index is -0.0667. The fraction of sp³-hybridized carbons (Fsp3) is 0.0667. The lowest BCUT2D eigenvalue weighted by Crippen LogP contribution is -2.06. The third kappa shape index (κ3) is 4.94. The highest BCUT2D eigenvalue weighted by Crippen LogP contribution is 2.29. The molecular formula is C15H13Cl2N3OS. The van der Waals surface area contributed by atoms with E-state index in [-0.39, 0.29) is 10.8 Å². The molecule has 114 valence electrons. The van der Waals surface area contributed by atoms with Gasteiger partial charge in [0.1, 0.15) is 5.75 Å². The highest BCUT2D eigenvalue weighted by atomic mass is 35.5. The number of phenols is 1. The summed E-state index contributed by atoms with van der Waals surface area (Å²) >= 11 is 13.1. The second kappa shape index (κ2) is 8.08. The van der Waals surface area contributed by atoms with Crippen molar-refractivity contribution in [3.05, 3.63) is 63.6 Å². The highest BCUT2D eigenvalue weighted by molar-refractivity contribution is 8.13. The zero-order valence-corrected chi connectivity index (χ0v) is 13.7. The zero-order chi connectivity index (χ0) is 15.9. The van der Waals surface area contributed by atoms with Crippen molar-refractivity contribution in [1.82, 2.24) is 0 Å². The molecule has 0 unspecified atom stereocenters. The van der Waals surface area contributed by atoms with Crippen molar-refractivity contribution in [2.75, 3.05) is 0 Å². The molecule has 0 atom stereocenters. The smallest absolute Gasteiger partial charge is 0.180 e. The first kappa shape index (κ1) is 16.7. The van der Waals surface area contributed by atoms with E-state index in [0.717, 1.165) is 5.56 Å². The van der Waals surface area contributed by atoms with Gasteiger partial charge in [0.05, 0.1) is 16.3 Å². The van der Waals surface area contributed by atoms with Crippen LogP contribution in [0.15, 0.2) is 52.7 Å². The maximum Gasteiger partial charge on any atom is 0.180 e. The van der Waals surface area contributed by atoms with Crippen molar-refractivity contribution in [2.45, 2.75) is 5.75 Å². The predicted molar refractivity (Wildman–Crippen MR) is 95.1 cm³/mol. The number of benzene rings is 2. The molecule has 3 N–H and O–H groups in total. The first-order valence-electron chi connectivity index (χ1n) is 6.27. The summed E-state index contributed by atoms with van der Waals surface area (Å²) in [6, 6.07) is 12.8. The third-order valence-corrected chi connectivity index (χ3v) is 4.13. The van der Waals surface area contributed by atoms with Crippen molar-refractivity contribution < 1.29 is 5.11 Å². The van der Waals surface area contributed by atoms with E-state index in [9.17, 15) is 5.11 Å². The number of hydrogen-bond acceptors (Lipinski definition) is 4. The molecule has 0 aliphatic heterocycles. The monoisotopic (exact) mass is 353 g/mol. The van der Waals surface area contributed by atoms with Gasteiger partial charge in [-0.05, 0) is 17.7 Å². The Morgan fingerprint density at radius 3 is 2.64 bits per heavy atom. The number of hydrogen-bond donors (Lipinski definition) is 2. The molecule has 2 aromatic carbocycles. The lowest BCUT2D eigenvalue weighted by molar-refractivity contribution is 0.475. The normalized spacial score (nSPS) is 12.0. The van der Waals surface area contributed by atoms with Crippen molar-refractivity contribution in [1.29, 1.82) is 0 Å². The molecule has 0 spiro atoms. The van der Waals surface area contributed by atoms with Crippen LogP contribution in [0.1, 0.15) is 11.1 Å². The van der Waals surface area contributed by atoms with E-state index in [1.54, 1.807) is 0 Å². The van der Waals surface area contributed by atoms with E-state index < -0.39 is 0 Å². The number of amidine groups is 1. The number of rotatable bonds is 4. The zero-order valence-electron chi connectivity index (χ0n) is 11.4. The fourth-order valence-corrected chi connectivity index (χ4v) is 2.60. The summed E-state index contributed by atoms with van der Waals surface area (Å²) in [5.74, 6) is 0.650. The molecule has 0 aliphatic rings. The van der Waals surface area contributed by atoms with Crippen LogP contribution in [-0.4, -0.2) is 16.5 Å². The molecule has 0 amide bonds. The standard InChI is InChI=1S/C15H13Cl2N3OS/c16-12-7-13(17)14(21)6-11(12)8-19-20-15(18)22-9-10-4-2-1-3-5-10/h1-8,21H,9H2,(H2,18,20). The molecule has 0 bridgehead atoms. The quantitative estimate of drug-likeness (QED) is 0.489. The topological polar surface area (TPSA) is 71.0 Å². The van der Waals surface area contributed by atoms with Crippen LogP contribution in [0.4, 0.5) is 0 Å². The van der Waals surface area contributed by atoms with Crippen LogP contribution in [0.3, 0.4) is 0 Å². The minimum absolute atomic E-state index is 0.0667. The van der Waals surface area contributed by atoms with Gasteiger partial charge in [-0.2, -0.15) is 5.10 Å². The van der Waals surface area contributed by atoms with Gasteiger partial charge in [-0.3, -0.25) is 0 Å². The third-order valence-electron chi connectivity index (χ3n) is 2.65. The average molecular weight is 354 g/mol. The Morgan fingerprint density at radius 1 is 1.18 bits per heavy atom. The maximum absolute atomic E-state index is 9.53. The van der Waals surface area contributed by atoms with Crippen LogP contribution in [0.5, 0.6) is 5.75 Å². The Kier molecular flexibility index (Phi) is 6.12. The van der Waals surface area contributed by atoms with Gasteiger partial charge in [0.2, 0.25) is 0 Å². The highest BCUT2D eigenvalue weighted by Gasteiger charge is 2.04. The van der Waals surface area contributed by atoms with Gasteiger partial charge in [-0.15, -0.1) is 5.10 Å². The van der Waals surface area contributed by atoms with Gasteiger partial charge in [0, 0.05) is 11.3 Å². The van der Waals surface area contributed by atoms with E-state index in [0.29, 0.717) is 21.5 Å². The lowest BCUT2D eigenvalue weighted by atomic mass is 10.2. The van der Waals surface area contributed by atoms with Crippen LogP contribution in [-0.2, 0) is 5.75 Å². The second-order valence-corrected chi connectivity index (χ2v) is 6.09. The van der Waals surface area contributed by atoms with Crippen LogP contribution < -0.4 is 5.73 Å². The SMILES string of the molecule is NC(=NN=Cc1cc(O)c(Cl)cc1Cl)SCc1ccccc1. The van der Waals surface area contributed by atoms with Crippen molar-refractivity contribution >= 4 is 46.3 Å². The number of phenolic OH excluding ortho intramolecular Hbond substituents is 1. The summed E-state index contributed by atoms with van der Waals surface area (Å²) < 4.78 is 0. The van der Waals surface area contributed by atoms with E-state index in [4.69, 9.17) is 28.9 Å². The van der Waals surface area contributed by atoms with Crippen LogP contribution in [0, 0.1) is 0 Å². The molecule has 0 fully saturated rings. The summed E-state index contributed by atoms with van der Waals surface area (Å²) in [6.07, 6.45) is 1.41. The number of aromatic hydroxyl groups is 1. The summed E-state index contributed by atoms with van der Waals surface area (Å²) in [6.45, 7) is 0. The van der Waals surface area contributed by atoms with Gasteiger partial charge in [0.15, 0.2) is 5.17 Å². The Bertz CT molecular complexity index is 705. The maximum atomic E-state index is 9.53. The average Bonchev–Trinajstić information content (AvgIpc) is 2.51. The summed E-state index contributed by atoms with van der Waals surface area (Å²) in [4.78, 5) is 0. The Morgan fingerprint density at radius 2 is 1.91 bits per heavy atom. The van der Waals surface area contributed by atoms with E-state index in [2.05, 4.69) is 10.2 Å². The molecular weight excluding hydrogens is 341 g/mol. The number of nitrogens with two attached hydrogens (primary N) is 1. The summed E-state index contributed by atoms with van der Waals surface area (Å²) in [5.41, 5.74) is 7.43. The molecule has 0 saturated heterocycles. The van der Waals surface area contributed by atoms with E-state index in [1.165, 1.54) is 30.1 Å². The van der Waals surface area contributed by atoms with Crippen molar-refractivity contribution in [3.8, 4) is 5.75 Å². The van der Waals surface area contributed by atoms with Crippen molar-refractivity contribution in [2.24, 2.45) is 15.9 Å². The Hall–Kier alpha value is -1.69. The molecule has 0 aliphatic carbocycles. The summed E-state index contributed by atoms with van der Waals surface area (Å²) in [5, 5.41) is 18.2. The minimum Gasteiger partial charge on any atom is -0.506 e. The molecule has 0 radical (unpaired) electrons. The number of nitrogens with zero attached hydrogens (tertiary/aromatic N) is 2. The molecule has 7 heteroatoms. The molecule has 0 aromatic heterocycles. The van der Waals surface area contributed by atoms with E-state index >= 15 is 0 Å².